The Morgan fingerprint density at radius 3 is 2.29 bits per heavy atom. The van der Waals surface area contributed by atoms with Gasteiger partial charge in [0, 0.05) is 13.2 Å². The highest BCUT2D eigenvalue weighted by atomic mass is 16.5. The van der Waals surface area contributed by atoms with Gasteiger partial charge in [0.25, 0.3) is 0 Å². The van der Waals surface area contributed by atoms with Gasteiger partial charge in [0.1, 0.15) is 0 Å². The Balaban J connectivity index is 2.25. The van der Waals surface area contributed by atoms with E-state index in [-0.39, 0.29) is 0 Å². The molecule has 0 saturated carbocycles. The molecular formula is C10H13N5O2. The molecule has 7 nitrogen and oxygen atoms in total. The monoisotopic (exact) mass is 235 g/mol. The summed E-state index contributed by atoms with van der Waals surface area (Å²) in [5.74, 6) is 1.26. The molecule has 2 aromatic heterocycles. The maximum Gasteiger partial charge on any atom is 0.233 e. The van der Waals surface area contributed by atoms with Gasteiger partial charge in [0.2, 0.25) is 17.7 Å². The maximum absolute atomic E-state index is 5.05. The summed E-state index contributed by atoms with van der Waals surface area (Å²) >= 11 is 0. The number of aromatic nitrogens is 4. The smallest absolute Gasteiger partial charge is 0.233 e. The molecule has 0 radical (unpaired) electrons. The highest BCUT2D eigenvalue weighted by molar-refractivity contribution is 5.51. The van der Waals surface area contributed by atoms with Crippen LogP contribution in [0, 0.1) is 0 Å². The molecule has 0 fully saturated rings. The molecule has 0 aliphatic rings. The molecule has 0 atom stereocenters. The molecule has 0 saturated heterocycles. The zero-order valence-electron chi connectivity index (χ0n) is 9.84. The van der Waals surface area contributed by atoms with Crippen molar-refractivity contribution in [2.75, 3.05) is 19.5 Å². The molecule has 0 bridgehead atoms. The van der Waals surface area contributed by atoms with E-state index in [1.165, 1.54) is 14.2 Å². The first-order chi connectivity index (χ1) is 8.21. The molecule has 7 heteroatoms. The number of ether oxygens (including phenoxy) is 2. The van der Waals surface area contributed by atoms with E-state index in [2.05, 4.69) is 20.4 Å². The van der Waals surface area contributed by atoms with Gasteiger partial charge < -0.3 is 14.8 Å². The van der Waals surface area contributed by atoms with Gasteiger partial charge in [-0.25, -0.2) is 0 Å². The van der Waals surface area contributed by atoms with Crippen molar-refractivity contribution in [2.45, 2.75) is 0 Å². The summed E-state index contributed by atoms with van der Waals surface area (Å²) in [6.07, 6.45) is 3.49. The van der Waals surface area contributed by atoms with Crippen LogP contribution in [-0.4, -0.2) is 34.0 Å². The largest absolute Gasteiger partial charge is 0.481 e. The first kappa shape index (κ1) is 11.2. The summed E-state index contributed by atoms with van der Waals surface area (Å²) in [4.78, 5) is 8.29. The average molecular weight is 235 g/mol. The average Bonchev–Trinajstić information content (AvgIpc) is 2.74. The molecule has 1 N–H and O–H groups in total. The minimum absolute atomic E-state index is 0.397. The number of methoxy groups -OCH3 is 2. The Morgan fingerprint density at radius 2 is 1.82 bits per heavy atom. The minimum atomic E-state index is 0.397. The van der Waals surface area contributed by atoms with Crippen LogP contribution in [0.5, 0.6) is 11.8 Å². The number of nitrogens with one attached hydrogen (secondary N) is 1. The molecule has 0 aliphatic heterocycles. The lowest BCUT2D eigenvalue weighted by Gasteiger charge is -2.06. The van der Waals surface area contributed by atoms with Crippen molar-refractivity contribution < 1.29 is 9.47 Å². The topological polar surface area (TPSA) is 74.1 Å². The van der Waals surface area contributed by atoms with Gasteiger partial charge in [-0.2, -0.15) is 15.1 Å². The second-order valence-corrected chi connectivity index (χ2v) is 3.30. The van der Waals surface area contributed by atoms with Gasteiger partial charge >= 0.3 is 0 Å². The number of hydrogen-bond acceptors (Lipinski definition) is 6. The molecule has 0 amide bonds. The van der Waals surface area contributed by atoms with Crippen LogP contribution in [0.25, 0.3) is 0 Å². The fraction of sp³-hybridized carbons (Fsp3) is 0.300. The second-order valence-electron chi connectivity index (χ2n) is 3.30. The van der Waals surface area contributed by atoms with E-state index in [1.54, 1.807) is 16.9 Å². The van der Waals surface area contributed by atoms with E-state index in [0.717, 1.165) is 5.69 Å². The van der Waals surface area contributed by atoms with Crippen molar-refractivity contribution >= 4 is 11.6 Å². The molecule has 0 aromatic carbocycles. The van der Waals surface area contributed by atoms with Crippen molar-refractivity contribution in [2.24, 2.45) is 7.05 Å². The molecule has 17 heavy (non-hydrogen) atoms. The Morgan fingerprint density at radius 1 is 1.18 bits per heavy atom. The van der Waals surface area contributed by atoms with Crippen LogP contribution in [0.15, 0.2) is 18.5 Å². The normalized spacial score (nSPS) is 10.1. The minimum Gasteiger partial charge on any atom is -0.481 e. The van der Waals surface area contributed by atoms with Gasteiger partial charge in [0.15, 0.2) is 0 Å². The lowest BCUT2D eigenvalue weighted by atomic mass is 10.5. The molecule has 0 aliphatic carbocycles. The van der Waals surface area contributed by atoms with Crippen molar-refractivity contribution in [1.82, 2.24) is 19.7 Å². The molecular weight excluding hydrogens is 222 g/mol. The summed E-state index contributed by atoms with van der Waals surface area (Å²) in [5.41, 5.74) is 0.794. The number of hydrogen-bond donors (Lipinski definition) is 1. The molecule has 2 heterocycles. The standard InChI is InChI=1S/C10H13N5O2/c1-15-6-7(5-11-15)12-10-13-8(16-2)4-9(14-10)17-3/h4-6H,1-3H3,(H,12,13,14). The van der Waals surface area contributed by atoms with Crippen LogP contribution >= 0.6 is 0 Å². The predicted molar refractivity (Wildman–Crippen MR) is 61.6 cm³/mol. The van der Waals surface area contributed by atoms with Crippen LogP contribution in [0.3, 0.4) is 0 Å². The summed E-state index contributed by atoms with van der Waals surface area (Å²) in [7, 11) is 4.91. The van der Waals surface area contributed by atoms with Gasteiger partial charge in [-0.3, -0.25) is 4.68 Å². The fourth-order valence-electron chi connectivity index (χ4n) is 1.28. The van der Waals surface area contributed by atoms with E-state index in [1.807, 2.05) is 13.2 Å². The third-order valence-corrected chi connectivity index (χ3v) is 2.06. The third kappa shape index (κ3) is 2.63. The summed E-state index contributed by atoms with van der Waals surface area (Å²) in [6, 6.07) is 1.61. The van der Waals surface area contributed by atoms with Gasteiger partial charge in [-0.1, -0.05) is 0 Å². The van der Waals surface area contributed by atoms with Crippen molar-refractivity contribution in [3.05, 3.63) is 18.5 Å². The lowest BCUT2D eigenvalue weighted by molar-refractivity contribution is 0.373. The van der Waals surface area contributed by atoms with Crippen LogP contribution in [0.1, 0.15) is 0 Å². The zero-order chi connectivity index (χ0) is 12.3. The summed E-state index contributed by atoms with van der Waals surface area (Å²) in [6.45, 7) is 0. The number of rotatable bonds is 4. The van der Waals surface area contributed by atoms with Gasteiger partial charge in [0.05, 0.1) is 32.2 Å². The number of nitrogens with zero attached hydrogens (tertiary/aromatic N) is 4. The van der Waals surface area contributed by atoms with E-state index in [0.29, 0.717) is 17.7 Å². The quantitative estimate of drug-likeness (QED) is 0.851. The zero-order valence-corrected chi connectivity index (χ0v) is 9.84. The van der Waals surface area contributed by atoms with E-state index >= 15 is 0 Å². The Hall–Kier alpha value is -2.31. The van der Waals surface area contributed by atoms with Crippen molar-refractivity contribution in [1.29, 1.82) is 0 Å². The van der Waals surface area contributed by atoms with Crippen LogP contribution in [0.2, 0.25) is 0 Å². The van der Waals surface area contributed by atoms with Gasteiger partial charge in [-0.05, 0) is 0 Å². The lowest BCUT2D eigenvalue weighted by Crippen LogP contribution is -2.00. The highest BCUT2D eigenvalue weighted by Crippen LogP contribution is 2.19. The SMILES string of the molecule is COc1cc(OC)nc(Nc2cnn(C)c2)n1. The Kier molecular flexibility index (Phi) is 3.08. The predicted octanol–water partition coefficient (Wildman–Crippen LogP) is 0.971. The fourth-order valence-corrected chi connectivity index (χ4v) is 1.28. The Labute approximate surface area is 98.4 Å². The highest BCUT2D eigenvalue weighted by Gasteiger charge is 2.06. The maximum atomic E-state index is 5.05. The van der Waals surface area contributed by atoms with E-state index in [4.69, 9.17) is 9.47 Å². The molecule has 0 spiro atoms. The summed E-state index contributed by atoms with van der Waals surface area (Å²) < 4.78 is 11.8. The van der Waals surface area contributed by atoms with Crippen LogP contribution < -0.4 is 14.8 Å². The van der Waals surface area contributed by atoms with Gasteiger partial charge in [-0.15, -0.1) is 0 Å². The molecule has 90 valence electrons. The van der Waals surface area contributed by atoms with Crippen molar-refractivity contribution in [3.8, 4) is 11.8 Å². The molecule has 2 aromatic rings. The molecule has 2 rings (SSSR count). The number of anilines is 2. The molecule has 0 unspecified atom stereocenters. The van der Waals surface area contributed by atoms with Crippen LogP contribution in [-0.2, 0) is 7.05 Å². The van der Waals surface area contributed by atoms with Crippen LogP contribution in [0.4, 0.5) is 11.6 Å². The first-order valence-electron chi connectivity index (χ1n) is 4.94. The number of aryl methyl sites for hydroxylation is 1. The van der Waals surface area contributed by atoms with E-state index < -0.39 is 0 Å². The second kappa shape index (κ2) is 4.69. The summed E-state index contributed by atoms with van der Waals surface area (Å²) in [5, 5.41) is 7.04. The third-order valence-electron chi connectivity index (χ3n) is 2.06. The van der Waals surface area contributed by atoms with E-state index in [9.17, 15) is 0 Å². The first-order valence-corrected chi connectivity index (χ1v) is 4.94. The Bertz CT molecular complexity index is 489. The van der Waals surface area contributed by atoms with Crippen molar-refractivity contribution in [3.63, 3.8) is 0 Å².